The van der Waals surface area contributed by atoms with Crippen LogP contribution >= 0.6 is 0 Å². The van der Waals surface area contributed by atoms with Crippen LogP contribution in [0.3, 0.4) is 0 Å². The van der Waals surface area contributed by atoms with Crippen LogP contribution in [0, 0.1) is 5.92 Å². The average Bonchev–Trinajstić information content (AvgIpc) is 3.04. The van der Waals surface area contributed by atoms with Gasteiger partial charge in [-0.05, 0) is 38.8 Å². The maximum absolute atomic E-state index is 12.7. The normalized spacial score (nSPS) is 27.9. The van der Waals surface area contributed by atoms with Crippen molar-refractivity contribution in [3.8, 4) is 0 Å². The zero-order valence-electron chi connectivity index (χ0n) is 12.6. The maximum Gasteiger partial charge on any atom is 0.245 e. The summed E-state index contributed by atoms with van der Waals surface area (Å²) >= 11 is 0. The van der Waals surface area contributed by atoms with Crippen LogP contribution in [0.1, 0.15) is 25.7 Å². The smallest absolute Gasteiger partial charge is 0.245 e. The number of amides is 2. The second-order valence-corrected chi connectivity index (χ2v) is 6.15. The minimum Gasteiger partial charge on any atom is -0.378 e. The van der Waals surface area contributed by atoms with E-state index in [4.69, 9.17) is 4.74 Å². The van der Waals surface area contributed by atoms with Crippen LogP contribution < -0.4 is 5.32 Å². The van der Waals surface area contributed by atoms with Crippen molar-refractivity contribution in [1.29, 1.82) is 0 Å². The summed E-state index contributed by atoms with van der Waals surface area (Å²) in [6, 6.07) is -0.231. The van der Waals surface area contributed by atoms with Gasteiger partial charge >= 0.3 is 0 Å². The molecule has 1 unspecified atom stereocenters. The standard InChI is InChI=1S/C15H25N3O3/c19-14(12-3-5-16-6-4-12)18-7-1-2-13(18)15(20)17-8-10-21-11-9-17/h12-13,16H,1-11H2. The molecule has 1 atom stereocenters. The second-order valence-electron chi connectivity index (χ2n) is 6.15. The molecule has 0 bridgehead atoms. The quantitative estimate of drug-likeness (QED) is 0.769. The molecule has 2 amide bonds. The Hall–Kier alpha value is -1.14. The first-order valence-corrected chi connectivity index (χ1v) is 8.15. The van der Waals surface area contributed by atoms with Gasteiger partial charge in [0.05, 0.1) is 13.2 Å². The molecule has 6 heteroatoms. The summed E-state index contributed by atoms with van der Waals surface area (Å²) in [4.78, 5) is 29.1. The summed E-state index contributed by atoms with van der Waals surface area (Å²) < 4.78 is 5.30. The highest BCUT2D eigenvalue weighted by Gasteiger charge is 2.39. The van der Waals surface area contributed by atoms with Gasteiger partial charge in [-0.25, -0.2) is 0 Å². The first-order valence-electron chi connectivity index (χ1n) is 8.15. The number of carbonyl (C=O) groups excluding carboxylic acids is 2. The number of hydrogen-bond acceptors (Lipinski definition) is 4. The van der Waals surface area contributed by atoms with Crippen molar-refractivity contribution in [2.45, 2.75) is 31.7 Å². The fourth-order valence-corrected chi connectivity index (χ4v) is 3.59. The van der Waals surface area contributed by atoms with Gasteiger partial charge in [-0.15, -0.1) is 0 Å². The fourth-order valence-electron chi connectivity index (χ4n) is 3.59. The molecular weight excluding hydrogens is 270 g/mol. The van der Waals surface area contributed by atoms with Gasteiger partial charge in [-0.3, -0.25) is 9.59 Å². The van der Waals surface area contributed by atoms with Gasteiger partial charge in [-0.2, -0.15) is 0 Å². The lowest BCUT2D eigenvalue weighted by Crippen LogP contribution is -2.52. The highest BCUT2D eigenvalue weighted by atomic mass is 16.5. The third-order valence-corrected chi connectivity index (χ3v) is 4.83. The van der Waals surface area contributed by atoms with Crippen molar-refractivity contribution in [3.63, 3.8) is 0 Å². The number of morpholine rings is 1. The van der Waals surface area contributed by atoms with E-state index in [9.17, 15) is 9.59 Å². The van der Waals surface area contributed by atoms with E-state index in [2.05, 4.69) is 5.32 Å². The largest absolute Gasteiger partial charge is 0.378 e. The Balaban J connectivity index is 1.63. The zero-order chi connectivity index (χ0) is 14.7. The summed E-state index contributed by atoms with van der Waals surface area (Å²) in [7, 11) is 0. The van der Waals surface area contributed by atoms with Gasteiger partial charge in [0.25, 0.3) is 0 Å². The molecule has 3 fully saturated rings. The number of piperidine rings is 1. The zero-order valence-corrected chi connectivity index (χ0v) is 12.6. The molecule has 1 N–H and O–H groups in total. The number of nitrogens with zero attached hydrogens (tertiary/aromatic N) is 2. The number of rotatable bonds is 2. The summed E-state index contributed by atoms with van der Waals surface area (Å²) in [6.45, 7) is 5.10. The molecule has 3 rings (SSSR count). The van der Waals surface area contributed by atoms with Crippen molar-refractivity contribution in [3.05, 3.63) is 0 Å². The number of nitrogens with one attached hydrogen (secondary N) is 1. The Morgan fingerprint density at radius 3 is 2.38 bits per heavy atom. The predicted octanol–water partition coefficient (Wildman–Crippen LogP) is -0.164. The Morgan fingerprint density at radius 1 is 0.952 bits per heavy atom. The van der Waals surface area contributed by atoms with E-state index in [0.717, 1.165) is 45.3 Å². The van der Waals surface area contributed by atoms with Crippen LogP contribution in [0.5, 0.6) is 0 Å². The average molecular weight is 295 g/mol. The maximum atomic E-state index is 12.7. The minimum absolute atomic E-state index is 0.101. The molecule has 0 aromatic heterocycles. The topological polar surface area (TPSA) is 61.9 Å². The van der Waals surface area contributed by atoms with Gasteiger partial charge in [-0.1, -0.05) is 0 Å². The molecule has 3 heterocycles. The van der Waals surface area contributed by atoms with E-state index >= 15 is 0 Å². The van der Waals surface area contributed by atoms with E-state index in [-0.39, 0.29) is 23.8 Å². The number of hydrogen-bond donors (Lipinski definition) is 1. The minimum atomic E-state index is -0.231. The van der Waals surface area contributed by atoms with Crippen molar-refractivity contribution in [1.82, 2.24) is 15.1 Å². The Kier molecular flexibility index (Phi) is 4.75. The molecule has 0 radical (unpaired) electrons. The molecule has 118 valence electrons. The van der Waals surface area contributed by atoms with Crippen LogP contribution in [0.4, 0.5) is 0 Å². The van der Waals surface area contributed by atoms with Crippen molar-refractivity contribution >= 4 is 11.8 Å². The van der Waals surface area contributed by atoms with E-state index in [1.54, 1.807) is 0 Å². The highest BCUT2D eigenvalue weighted by molar-refractivity contribution is 5.89. The van der Waals surface area contributed by atoms with Crippen LogP contribution in [0.25, 0.3) is 0 Å². The monoisotopic (exact) mass is 295 g/mol. The molecule has 21 heavy (non-hydrogen) atoms. The van der Waals surface area contributed by atoms with Gasteiger partial charge < -0.3 is 19.9 Å². The van der Waals surface area contributed by atoms with Gasteiger partial charge in [0.2, 0.25) is 11.8 Å². The third kappa shape index (κ3) is 3.21. The van der Waals surface area contributed by atoms with Crippen molar-refractivity contribution in [2.24, 2.45) is 5.92 Å². The molecule has 3 saturated heterocycles. The molecule has 3 aliphatic rings. The van der Waals surface area contributed by atoms with Crippen LogP contribution in [0.2, 0.25) is 0 Å². The fraction of sp³-hybridized carbons (Fsp3) is 0.867. The number of carbonyl (C=O) groups is 2. The Labute approximate surface area is 125 Å². The summed E-state index contributed by atoms with van der Waals surface area (Å²) in [5.74, 6) is 0.419. The Morgan fingerprint density at radius 2 is 1.67 bits per heavy atom. The molecular formula is C15H25N3O3. The Bertz CT molecular complexity index is 354. The first-order chi connectivity index (χ1) is 10.3. The molecule has 3 aliphatic heterocycles. The second kappa shape index (κ2) is 6.75. The van der Waals surface area contributed by atoms with Crippen molar-refractivity contribution in [2.75, 3.05) is 45.9 Å². The van der Waals surface area contributed by atoms with E-state index in [1.165, 1.54) is 0 Å². The molecule has 6 nitrogen and oxygen atoms in total. The lowest BCUT2D eigenvalue weighted by atomic mass is 9.96. The molecule has 0 aromatic carbocycles. The summed E-state index contributed by atoms with van der Waals surface area (Å²) in [5, 5.41) is 3.29. The van der Waals surface area contributed by atoms with E-state index in [0.29, 0.717) is 26.3 Å². The van der Waals surface area contributed by atoms with Crippen molar-refractivity contribution < 1.29 is 14.3 Å². The van der Waals surface area contributed by atoms with Crippen LogP contribution in [-0.2, 0) is 14.3 Å². The molecule has 0 saturated carbocycles. The summed E-state index contributed by atoms with van der Waals surface area (Å²) in [6.07, 6.45) is 3.55. The number of ether oxygens (including phenoxy) is 1. The van der Waals surface area contributed by atoms with Gasteiger partial charge in [0.15, 0.2) is 0 Å². The molecule has 0 aliphatic carbocycles. The highest BCUT2D eigenvalue weighted by Crippen LogP contribution is 2.25. The van der Waals surface area contributed by atoms with Crippen LogP contribution in [0.15, 0.2) is 0 Å². The lowest BCUT2D eigenvalue weighted by molar-refractivity contribution is -0.148. The SMILES string of the molecule is O=C(C1CCCN1C(=O)C1CCNCC1)N1CCOCC1. The predicted molar refractivity (Wildman–Crippen MR) is 77.7 cm³/mol. The molecule has 0 aromatic rings. The summed E-state index contributed by atoms with van der Waals surface area (Å²) in [5.41, 5.74) is 0. The van der Waals surface area contributed by atoms with Crippen LogP contribution in [-0.4, -0.2) is 73.6 Å². The number of likely N-dealkylation sites (tertiary alicyclic amines) is 1. The lowest BCUT2D eigenvalue weighted by Gasteiger charge is -2.34. The third-order valence-electron chi connectivity index (χ3n) is 4.83. The van der Waals surface area contributed by atoms with E-state index < -0.39 is 0 Å². The van der Waals surface area contributed by atoms with Gasteiger partial charge in [0.1, 0.15) is 6.04 Å². The van der Waals surface area contributed by atoms with Gasteiger partial charge in [0, 0.05) is 25.6 Å². The van der Waals surface area contributed by atoms with E-state index in [1.807, 2.05) is 9.80 Å². The molecule has 0 spiro atoms. The first kappa shape index (κ1) is 14.8.